The molecule has 3 heteroatoms. The molecule has 0 amide bonds. The van der Waals surface area contributed by atoms with Crippen LogP contribution in [0.2, 0.25) is 0 Å². The Bertz CT molecular complexity index is 933. The third kappa shape index (κ3) is 10.8. The SMILES string of the molecule is CC(C)CP(CC(C)C)c1cc(C(C)(C)C)ccc1Nc1ccc(C(C)(C)C)cc1P(CC(C)C)CC(C)C. The van der Waals surface area contributed by atoms with Crippen LogP contribution in [0.5, 0.6) is 0 Å². The predicted octanol–water partition coefficient (Wildman–Crippen LogP) is 10.9. The largest absolute Gasteiger partial charge is 0.354 e. The van der Waals surface area contributed by atoms with E-state index < -0.39 is 0 Å². The lowest BCUT2D eigenvalue weighted by Gasteiger charge is -2.30. The summed E-state index contributed by atoms with van der Waals surface area (Å²) < 4.78 is 0. The van der Waals surface area contributed by atoms with Gasteiger partial charge in [0.2, 0.25) is 0 Å². The standard InChI is InChI=1S/C36H61NP2/c1-25(2)21-38(22-26(3)4)33-19-29(35(9,10)11)15-17-31(33)37-32-18-16-30(36(12,13)14)20-34(32)39(23-27(5)6)24-28(7)8/h15-20,25-28,37H,21-24H2,1-14H3. The molecule has 2 aromatic rings. The van der Waals surface area contributed by atoms with Crippen molar-refractivity contribution < 1.29 is 0 Å². The lowest BCUT2D eigenvalue weighted by molar-refractivity contribution is 0.590. The molecule has 0 heterocycles. The average molecular weight is 570 g/mol. The number of rotatable bonds is 12. The van der Waals surface area contributed by atoms with E-state index in [-0.39, 0.29) is 26.7 Å². The Hall–Kier alpha value is -0.900. The van der Waals surface area contributed by atoms with Crippen molar-refractivity contribution in [2.24, 2.45) is 23.7 Å². The molecular weight excluding hydrogens is 508 g/mol. The lowest BCUT2D eigenvalue weighted by atomic mass is 9.87. The Kier molecular flexibility index (Phi) is 12.6. The van der Waals surface area contributed by atoms with Crippen LogP contribution in [0.4, 0.5) is 11.4 Å². The molecule has 2 aromatic carbocycles. The predicted molar refractivity (Wildman–Crippen MR) is 185 cm³/mol. The molecular formula is C36H61NP2. The maximum Gasteiger partial charge on any atom is 0.0462 e. The highest BCUT2D eigenvalue weighted by Crippen LogP contribution is 2.45. The fourth-order valence-corrected chi connectivity index (χ4v) is 11.4. The molecule has 1 nitrogen and oxygen atoms in total. The van der Waals surface area contributed by atoms with Gasteiger partial charge >= 0.3 is 0 Å². The minimum atomic E-state index is -0.250. The number of hydrogen-bond acceptors (Lipinski definition) is 1. The lowest BCUT2D eigenvalue weighted by Crippen LogP contribution is -2.23. The highest BCUT2D eigenvalue weighted by atomic mass is 31.1. The minimum absolute atomic E-state index is 0.145. The van der Waals surface area contributed by atoms with Crippen molar-refractivity contribution in [3.63, 3.8) is 0 Å². The van der Waals surface area contributed by atoms with Crippen LogP contribution >= 0.6 is 15.8 Å². The van der Waals surface area contributed by atoms with Gasteiger partial charge in [0.25, 0.3) is 0 Å². The summed E-state index contributed by atoms with van der Waals surface area (Å²) in [7, 11) is -0.500. The zero-order chi connectivity index (χ0) is 29.7. The summed E-state index contributed by atoms with van der Waals surface area (Å²) in [4.78, 5) is 0. The fraction of sp³-hybridized carbons (Fsp3) is 0.667. The zero-order valence-corrected chi connectivity index (χ0v) is 29.8. The van der Waals surface area contributed by atoms with Crippen LogP contribution in [0, 0.1) is 23.7 Å². The summed E-state index contributed by atoms with van der Waals surface area (Å²) in [6.07, 6.45) is 5.16. The van der Waals surface area contributed by atoms with E-state index in [4.69, 9.17) is 0 Å². The highest BCUT2D eigenvalue weighted by molar-refractivity contribution is 7.66. The monoisotopic (exact) mass is 569 g/mol. The second-order valence-corrected chi connectivity index (χ2v) is 20.1. The second-order valence-electron chi connectivity index (χ2n) is 15.5. The second kappa shape index (κ2) is 14.3. The molecule has 39 heavy (non-hydrogen) atoms. The van der Waals surface area contributed by atoms with Gasteiger partial charge in [0.15, 0.2) is 0 Å². The van der Waals surface area contributed by atoms with Gasteiger partial charge in [-0.2, -0.15) is 0 Å². The van der Waals surface area contributed by atoms with E-state index in [1.54, 1.807) is 10.6 Å². The topological polar surface area (TPSA) is 12.0 Å². The van der Waals surface area contributed by atoms with Crippen LogP contribution in [0.15, 0.2) is 36.4 Å². The average Bonchev–Trinajstić information content (AvgIpc) is 2.76. The van der Waals surface area contributed by atoms with Gasteiger partial charge < -0.3 is 5.32 Å². The molecule has 0 aliphatic carbocycles. The Balaban J connectivity index is 2.74. The van der Waals surface area contributed by atoms with Gasteiger partial charge in [-0.15, -0.1) is 0 Å². The quantitative estimate of drug-likeness (QED) is 0.251. The van der Waals surface area contributed by atoms with Crippen LogP contribution in [0.1, 0.15) is 108 Å². The molecule has 0 aromatic heterocycles. The Labute approximate surface area is 246 Å². The number of benzene rings is 2. The van der Waals surface area contributed by atoms with E-state index in [1.807, 2.05) is 0 Å². The van der Waals surface area contributed by atoms with Crippen LogP contribution in [-0.4, -0.2) is 24.6 Å². The molecule has 0 fully saturated rings. The van der Waals surface area contributed by atoms with Crippen molar-refractivity contribution in [1.29, 1.82) is 0 Å². The zero-order valence-electron chi connectivity index (χ0n) is 28.0. The molecule has 0 atom stereocenters. The minimum Gasteiger partial charge on any atom is -0.354 e. The first kappa shape index (κ1) is 34.3. The van der Waals surface area contributed by atoms with Crippen LogP contribution < -0.4 is 15.9 Å². The first-order chi connectivity index (χ1) is 17.9. The molecule has 0 saturated heterocycles. The summed E-state index contributed by atoms with van der Waals surface area (Å²) in [5, 5.41) is 7.23. The van der Waals surface area contributed by atoms with Crippen LogP contribution in [0.3, 0.4) is 0 Å². The Morgan fingerprint density at radius 2 is 0.795 bits per heavy atom. The fourth-order valence-electron chi connectivity index (χ4n) is 5.18. The first-order valence-electron chi connectivity index (χ1n) is 15.4. The molecule has 0 radical (unpaired) electrons. The van der Waals surface area contributed by atoms with E-state index in [2.05, 4.69) is 139 Å². The van der Waals surface area contributed by atoms with Crippen LogP contribution in [0.25, 0.3) is 0 Å². The first-order valence-corrected chi connectivity index (χ1v) is 18.9. The molecule has 1 N–H and O–H groups in total. The van der Waals surface area contributed by atoms with Gasteiger partial charge in [-0.05, 0) is 105 Å². The smallest absolute Gasteiger partial charge is 0.0462 e. The van der Waals surface area contributed by atoms with Crippen molar-refractivity contribution in [1.82, 2.24) is 0 Å². The molecule has 0 aliphatic rings. The molecule has 0 saturated carbocycles. The maximum absolute atomic E-state index is 4.08. The third-order valence-corrected chi connectivity index (χ3v) is 13.8. The van der Waals surface area contributed by atoms with Gasteiger partial charge in [-0.25, -0.2) is 0 Å². The van der Waals surface area contributed by atoms with Gasteiger partial charge in [-0.1, -0.05) is 125 Å². The van der Waals surface area contributed by atoms with E-state index in [0.717, 1.165) is 0 Å². The van der Waals surface area contributed by atoms with Gasteiger partial charge in [0.05, 0.1) is 0 Å². The van der Waals surface area contributed by atoms with Crippen molar-refractivity contribution in [3.05, 3.63) is 47.5 Å². The number of anilines is 2. The van der Waals surface area contributed by atoms with E-state index in [1.165, 1.54) is 47.1 Å². The molecule has 0 bridgehead atoms. The molecule has 220 valence electrons. The van der Waals surface area contributed by atoms with E-state index >= 15 is 0 Å². The van der Waals surface area contributed by atoms with E-state index in [0.29, 0.717) is 23.7 Å². The van der Waals surface area contributed by atoms with E-state index in [9.17, 15) is 0 Å². The Morgan fingerprint density at radius 1 is 0.513 bits per heavy atom. The summed E-state index contributed by atoms with van der Waals surface area (Å²) in [5.74, 6) is 2.81. The van der Waals surface area contributed by atoms with Crippen molar-refractivity contribution in [2.45, 2.75) is 108 Å². The normalized spacial score (nSPS) is 13.1. The van der Waals surface area contributed by atoms with Crippen LogP contribution in [-0.2, 0) is 10.8 Å². The number of hydrogen-bond donors (Lipinski definition) is 1. The molecule has 0 unspecified atom stereocenters. The maximum atomic E-state index is 4.08. The van der Waals surface area contributed by atoms with Gasteiger partial charge in [0, 0.05) is 11.4 Å². The molecule has 0 aliphatic heterocycles. The summed E-state index contributed by atoms with van der Waals surface area (Å²) in [6, 6.07) is 14.7. The summed E-state index contributed by atoms with van der Waals surface area (Å²) >= 11 is 0. The van der Waals surface area contributed by atoms with Gasteiger partial charge in [-0.3, -0.25) is 0 Å². The van der Waals surface area contributed by atoms with Crippen molar-refractivity contribution in [3.8, 4) is 0 Å². The molecule has 2 rings (SSSR count). The van der Waals surface area contributed by atoms with Gasteiger partial charge in [0.1, 0.15) is 0 Å². The summed E-state index contributed by atoms with van der Waals surface area (Å²) in [5.41, 5.74) is 5.87. The van der Waals surface area contributed by atoms with Crippen molar-refractivity contribution in [2.75, 3.05) is 30.0 Å². The number of nitrogens with one attached hydrogen (secondary N) is 1. The third-order valence-electron chi connectivity index (χ3n) is 7.02. The molecule has 0 spiro atoms. The summed E-state index contributed by atoms with van der Waals surface area (Å²) in [6.45, 7) is 33.2. The van der Waals surface area contributed by atoms with Crippen molar-refractivity contribution >= 4 is 37.8 Å². The Morgan fingerprint density at radius 3 is 1.03 bits per heavy atom. The highest BCUT2D eigenvalue weighted by Gasteiger charge is 2.25.